The van der Waals surface area contributed by atoms with E-state index in [0.717, 1.165) is 37.1 Å². The molecule has 0 saturated carbocycles. The number of benzene rings is 1. The summed E-state index contributed by atoms with van der Waals surface area (Å²) in [6.07, 6.45) is 2.65. The predicted molar refractivity (Wildman–Crippen MR) is 97.1 cm³/mol. The van der Waals surface area contributed by atoms with E-state index in [4.69, 9.17) is 5.73 Å². The van der Waals surface area contributed by atoms with Gasteiger partial charge in [0.15, 0.2) is 0 Å². The summed E-state index contributed by atoms with van der Waals surface area (Å²) in [5, 5.41) is 3.37. The number of amides is 2. The highest BCUT2D eigenvalue weighted by atomic mass is 32.1. The minimum Gasteiger partial charge on any atom is -0.369 e. The fourth-order valence-corrected chi connectivity index (χ4v) is 4.21. The van der Waals surface area contributed by atoms with Crippen molar-refractivity contribution in [2.45, 2.75) is 19.3 Å². The molecule has 1 aromatic carbocycles. The molecule has 2 amide bonds. The Morgan fingerprint density at radius 3 is 3.00 bits per heavy atom. The normalized spacial score (nSPS) is 18.4. The van der Waals surface area contributed by atoms with Gasteiger partial charge in [-0.05, 0) is 50.6 Å². The lowest BCUT2D eigenvalue weighted by Crippen LogP contribution is -2.42. The summed E-state index contributed by atoms with van der Waals surface area (Å²) < 4.78 is 14.5. The Bertz CT molecular complexity index is 777. The van der Waals surface area contributed by atoms with Crippen molar-refractivity contribution >= 4 is 33.2 Å². The number of hydrogen-bond donors (Lipinski definition) is 2. The number of fused-ring (bicyclic) bond motifs is 1. The third kappa shape index (κ3) is 4.35. The average Bonchev–Trinajstić information content (AvgIpc) is 3.04. The molecule has 1 aliphatic rings. The van der Waals surface area contributed by atoms with Gasteiger partial charge in [-0.25, -0.2) is 4.39 Å². The topological polar surface area (TPSA) is 75.4 Å². The molecule has 2 aromatic rings. The molecule has 1 aliphatic heterocycles. The molecule has 0 aliphatic carbocycles. The number of hydrogen-bond acceptors (Lipinski definition) is 4. The van der Waals surface area contributed by atoms with Crippen LogP contribution in [0, 0.1) is 11.7 Å². The van der Waals surface area contributed by atoms with Crippen LogP contribution in [0.3, 0.4) is 0 Å². The highest BCUT2D eigenvalue weighted by molar-refractivity contribution is 7.20. The van der Waals surface area contributed by atoms with Crippen LogP contribution in [-0.4, -0.2) is 42.9 Å². The van der Waals surface area contributed by atoms with E-state index in [2.05, 4.69) is 10.2 Å². The van der Waals surface area contributed by atoms with E-state index in [-0.39, 0.29) is 23.5 Å². The van der Waals surface area contributed by atoms with Gasteiger partial charge < -0.3 is 16.0 Å². The van der Waals surface area contributed by atoms with Gasteiger partial charge in [0.2, 0.25) is 5.91 Å². The number of piperidine rings is 1. The molecular weight excluding hydrogens is 341 g/mol. The summed E-state index contributed by atoms with van der Waals surface area (Å²) in [5.41, 5.74) is 5.38. The smallest absolute Gasteiger partial charge is 0.261 e. The Hall–Kier alpha value is -1.99. The first kappa shape index (κ1) is 17.8. The van der Waals surface area contributed by atoms with Crippen LogP contribution in [0.5, 0.6) is 0 Å². The molecule has 3 rings (SSSR count). The molecule has 25 heavy (non-hydrogen) atoms. The summed E-state index contributed by atoms with van der Waals surface area (Å²) in [5.74, 6) is -0.761. The van der Waals surface area contributed by atoms with Gasteiger partial charge >= 0.3 is 0 Å². The van der Waals surface area contributed by atoms with E-state index in [0.29, 0.717) is 23.4 Å². The first-order chi connectivity index (χ1) is 12.0. The summed E-state index contributed by atoms with van der Waals surface area (Å²) in [6, 6.07) is 6.46. The summed E-state index contributed by atoms with van der Waals surface area (Å²) in [4.78, 5) is 26.2. The Balaban J connectivity index is 1.46. The Morgan fingerprint density at radius 2 is 2.24 bits per heavy atom. The third-order valence-electron chi connectivity index (χ3n) is 4.58. The minimum atomic E-state index is -0.304. The molecule has 2 heterocycles. The van der Waals surface area contributed by atoms with Crippen LogP contribution in [-0.2, 0) is 4.79 Å². The number of halogens is 1. The second-order valence-electron chi connectivity index (χ2n) is 6.41. The van der Waals surface area contributed by atoms with Crippen LogP contribution in [0.4, 0.5) is 4.39 Å². The SMILES string of the molecule is NC(=O)C1CCCN(CCCNC(=O)c2cc3c(F)cccc3s2)C1. The second kappa shape index (κ2) is 7.93. The van der Waals surface area contributed by atoms with Crippen molar-refractivity contribution < 1.29 is 14.0 Å². The molecular formula is C18H22FN3O2S. The third-order valence-corrected chi connectivity index (χ3v) is 5.68. The lowest BCUT2D eigenvalue weighted by Gasteiger charge is -2.31. The molecule has 5 nitrogen and oxygen atoms in total. The molecule has 1 saturated heterocycles. The highest BCUT2D eigenvalue weighted by Crippen LogP contribution is 2.27. The van der Waals surface area contributed by atoms with Gasteiger partial charge in [-0.2, -0.15) is 0 Å². The summed E-state index contributed by atoms with van der Waals surface area (Å²) in [6.45, 7) is 3.05. The van der Waals surface area contributed by atoms with Crippen molar-refractivity contribution in [3.05, 3.63) is 35.0 Å². The zero-order valence-electron chi connectivity index (χ0n) is 14.0. The lowest BCUT2D eigenvalue weighted by atomic mass is 9.97. The largest absolute Gasteiger partial charge is 0.369 e. The number of primary amides is 1. The van der Waals surface area contributed by atoms with Gasteiger partial charge in [-0.3, -0.25) is 9.59 Å². The summed E-state index contributed by atoms with van der Waals surface area (Å²) in [7, 11) is 0. The molecule has 134 valence electrons. The Kier molecular flexibility index (Phi) is 5.65. The molecule has 0 radical (unpaired) electrons. The Morgan fingerprint density at radius 1 is 1.40 bits per heavy atom. The fourth-order valence-electron chi connectivity index (χ4n) is 3.22. The maximum absolute atomic E-state index is 13.7. The van der Waals surface area contributed by atoms with Gasteiger partial charge in [-0.15, -0.1) is 11.3 Å². The van der Waals surface area contributed by atoms with E-state index in [1.54, 1.807) is 12.1 Å². The number of nitrogens with zero attached hydrogens (tertiary/aromatic N) is 1. The van der Waals surface area contributed by atoms with Crippen LogP contribution in [0.15, 0.2) is 24.3 Å². The number of carbonyl (C=O) groups excluding carboxylic acids is 2. The van der Waals surface area contributed by atoms with E-state index >= 15 is 0 Å². The second-order valence-corrected chi connectivity index (χ2v) is 7.50. The zero-order valence-corrected chi connectivity index (χ0v) is 14.8. The molecule has 1 atom stereocenters. The number of likely N-dealkylation sites (tertiary alicyclic amines) is 1. The molecule has 0 spiro atoms. The molecule has 1 aromatic heterocycles. The Labute approximate surface area is 150 Å². The monoisotopic (exact) mass is 363 g/mol. The molecule has 3 N–H and O–H groups in total. The van der Waals surface area contributed by atoms with Crippen LogP contribution in [0.25, 0.3) is 10.1 Å². The molecule has 1 unspecified atom stereocenters. The van der Waals surface area contributed by atoms with Crippen molar-refractivity contribution in [3.8, 4) is 0 Å². The first-order valence-corrected chi connectivity index (χ1v) is 9.34. The van der Waals surface area contributed by atoms with Crippen molar-refractivity contribution in [2.75, 3.05) is 26.2 Å². The maximum atomic E-state index is 13.7. The fraction of sp³-hybridized carbons (Fsp3) is 0.444. The van der Waals surface area contributed by atoms with E-state index < -0.39 is 0 Å². The average molecular weight is 363 g/mol. The highest BCUT2D eigenvalue weighted by Gasteiger charge is 2.23. The van der Waals surface area contributed by atoms with E-state index in [1.807, 2.05) is 6.07 Å². The van der Waals surface area contributed by atoms with Crippen LogP contribution in [0.2, 0.25) is 0 Å². The quantitative estimate of drug-likeness (QED) is 0.774. The predicted octanol–water partition coefficient (Wildman–Crippen LogP) is 2.36. The van der Waals surface area contributed by atoms with Gasteiger partial charge in [-0.1, -0.05) is 6.07 Å². The van der Waals surface area contributed by atoms with Gasteiger partial charge in [0.05, 0.1) is 10.8 Å². The first-order valence-electron chi connectivity index (χ1n) is 8.52. The summed E-state index contributed by atoms with van der Waals surface area (Å²) >= 11 is 1.30. The van der Waals surface area contributed by atoms with Crippen molar-refractivity contribution in [1.82, 2.24) is 10.2 Å². The molecule has 0 bridgehead atoms. The standard InChI is InChI=1S/C18H22FN3O2S/c19-14-5-1-6-15-13(14)10-16(25-15)18(24)21-7-3-9-22-8-2-4-12(11-22)17(20)23/h1,5-6,10,12H,2-4,7-9,11H2,(H2,20,23)(H,21,24). The minimum absolute atomic E-state index is 0.0585. The van der Waals surface area contributed by atoms with Gasteiger partial charge in [0.1, 0.15) is 5.82 Å². The number of thiophene rings is 1. The zero-order chi connectivity index (χ0) is 17.8. The lowest BCUT2D eigenvalue weighted by molar-refractivity contribution is -0.123. The van der Waals surface area contributed by atoms with Crippen LogP contribution >= 0.6 is 11.3 Å². The van der Waals surface area contributed by atoms with Crippen LogP contribution in [0.1, 0.15) is 28.9 Å². The van der Waals surface area contributed by atoms with E-state index in [9.17, 15) is 14.0 Å². The van der Waals surface area contributed by atoms with Crippen molar-refractivity contribution in [3.63, 3.8) is 0 Å². The maximum Gasteiger partial charge on any atom is 0.261 e. The van der Waals surface area contributed by atoms with Crippen molar-refractivity contribution in [2.24, 2.45) is 11.7 Å². The number of nitrogens with one attached hydrogen (secondary N) is 1. The van der Waals surface area contributed by atoms with Gasteiger partial charge in [0.25, 0.3) is 5.91 Å². The van der Waals surface area contributed by atoms with E-state index in [1.165, 1.54) is 17.4 Å². The number of carbonyl (C=O) groups is 2. The van der Waals surface area contributed by atoms with Crippen LogP contribution < -0.4 is 11.1 Å². The number of rotatable bonds is 6. The van der Waals surface area contributed by atoms with Gasteiger partial charge in [0, 0.05) is 23.2 Å². The molecule has 7 heteroatoms. The number of nitrogens with two attached hydrogens (primary N) is 1. The molecule has 1 fully saturated rings. The van der Waals surface area contributed by atoms with Crippen molar-refractivity contribution in [1.29, 1.82) is 0 Å².